The van der Waals surface area contributed by atoms with Crippen LogP contribution in [-0.2, 0) is 4.74 Å². The highest BCUT2D eigenvalue weighted by Crippen LogP contribution is 2.12. The van der Waals surface area contributed by atoms with Crippen LogP contribution in [0.5, 0.6) is 0 Å². The molecule has 0 aliphatic heterocycles. The summed E-state index contributed by atoms with van der Waals surface area (Å²) >= 11 is 0. The molecular formula is C13H16N2O2. The second-order valence-corrected chi connectivity index (χ2v) is 4.40. The van der Waals surface area contributed by atoms with Gasteiger partial charge in [0.2, 0.25) is 0 Å². The molecule has 0 aliphatic rings. The van der Waals surface area contributed by atoms with Crippen molar-refractivity contribution in [1.29, 1.82) is 0 Å². The van der Waals surface area contributed by atoms with Crippen LogP contribution in [-0.4, -0.2) is 22.3 Å². The summed E-state index contributed by atoms with van der Waals surface area (Å²) in [5.41, 5.74) is 1.58. The van der Waals surface area contributed by atoms with E-state index < -0.39 is 0 Å². The Bertz CT molecular complexity index is 517. The van der Waals surface area contributed by atoms with E-state index in [2.05, 4.69) is 18.8 Å². The van der Waals surface area contributed by atoms with Crippen LogP contribution in [0, 0.1) is 5.92 Å². The molecule has 0 unspecified atom stereocenters. The van der Waals surface area contributed by atoms with E-state index in [1.165, 1.54) is 10.9 Å². The summed E-state index contributed by atoms with van der Waals surface area (Å²) in [6, 6.07) is 7.49. The second-order valence-electron chi connectivity index (χ2n) is 4.40. The van der Waals surface area contributed by atoms with E-state index in [0.29, 0.717) is 12.5 Å². The topological polar surface area (TPSA) is 44.1 Å². The van der Waals surface area contributed by atoms with Crippen molar-refractivity contribution < 1.29 is 9.53 Å². The number of aromatic nitrogens is 2. The average Bonchev–Trinajstić information content (AvgIpc) is 2.72. The number of imidazole rings is 1. The van der Waals surface area contributed by atoms with Gasteiger partial charge in [-0.1, -0.05) is 26.0 Å². The van der Waals surface area contributed by atoms with Crippen molar-refractivity contribution in [2.24, 2.45) is 5.92 Å². The van der Waals surface area contributed by atoms with Gasteiger partial charge in [0.15, 0.2) is 0 Å². The van der Waals surface area contributed by atoms with E-state index >= 15 is 0 Å². The summed E-state index contributed by atoms with van der Waals surface area (Å²) in [5.74, 6) is 0.530. The first-order valence-electron chi connectivity index (χ1n) is 5.77. The van der Waals surface area contributed by atoms with Crippen LogP contribution >= 0.6 is 0 Å². The summed E-state index contributed by atoms with van der Waals surface area (Å²) in [5, 5.41) is 0. The third-order valence-electron chi connectivity index (χ3n) is 2.57. The third-order valence-corrected chi connectivity index (χ3v) is 2.57. The van der Waals surface area contributed by atoms with Gasteiger partial charge in [0.25, 0.3) is 0 Å². The quantitative estimate of drug-likeness (QED) is 0.816. The minimum absolute atomic E-state index is 0.362. The summed E-state index contributed by atoms with van der Waals surface area (Å²) in [6.07, 6.45) is 2.01. The van der Waals surface area contributed by atoms with Crippen LogP contribution in [0.3, 0.4) is 0 Å². The molecule has 17 heavy (non-hydrogen) atoms. The maximum Gasteiger partial charge on any atom is 0.419 e. The Morgan fingerprint density at radius 3 is 2.94 bits per heavy atom. The lowest BCUT2D eigenvalue weighted by molar-refractivity contribution is 0.143. The first kappa shape index (κ1) is 11.6. The third kappa shape index (κ3) is 2.64. The highest BCUT2D eigenvalue weighted by molar-refractivity contribution is 5.86. The molecule has 0 saturated heterocycles. The van der Waals surface area contributed by atoms with Crippen LogP contribution in [0.1, 0.15) is 20.3 Å². The molecule has 0 aliphatic carbocycles. The van der Waals surface area contributed by atoms with Gasteiger partial charge in [0.05, 0.1) is 17.6 Å². The van der Waals surface area contributed by atoms with Gasteiger partial charge in [-0.2, -0.15) is 0 Å². The van der Waals surface area contributed by atoms with Gasteiger partial charge in [-0.05, 0) is 24.5 Å². The normalized spacial score (nSPS) is 11.0. The molecule has 1 heterocycles. The molecule has 0 fully saturated rings. The van der Waals surface area contributed by atoms with E-state index in [1.807, 2.05) is 24.3 Å². The van der Waals surface area contributed by atoms with Crippen molar-refractivity contribution in [2.45, 2.75) is 20.3 Å². The van der Waals surface area contributed by atoms with E-state index in [0.717, 1.165) is 17.5 Å². The predicted molar refractivity (Wildman–Crippen MR) is 65.9 cm³/mol. The number of para-hydroxylation sites is 2. The fourth-order valence-corrected chi connectivity index (χ4v) is 1.56. The lowest BCUT2D eigenvalue weighted by atomic mass is 10.1. The molecule has 0 radical (unpaired) electrons. The van der Waals surface area contributed by atoms with Gasteiger partial charge in [0.1, 0.15) is 6.33 Å². The number of ether oxygens (including phenoxy) is 1. The smallest absolute Gasteiger partial charge is 0.419 e. The van der Waals surface area contributed by atoms with Crippen molar-refractivity contribution in [3.63, 3.8) is 0 Å². The summed E-state index contributed by atoms with van der Waals surface area (Å²) < 4.78 is 6.63. The second kappa shape index (κ2) is 4.99. The molecule has 0 amide bonds. The number of carbonyl (C=O) groups excluding carboxylic acids is 1. The van der Waals surface area contributed by atoms with Crippen molar-refractivity contribution >= 4 is 17.1 Å². The van der Waals surface area contributed by atoms with Crippen LogP contribution in [0.25, 0.3) is 11.0 Å². The molecule has 2 aromatic rings. The monoisotopic (exact) mass is 232 g/mol. The van der Waals surface area contributed by atoms with Gasteiger partial charge in [-0.3, -0.25) is 0 Å². The van der Waals surface area contributed by atoms with Gasteiger partial charge >= 0.3 is 6.09 Å². The summed E-state index contributed by atoms with van der Waals surface area (Å²) in [4.78, 5) is 15.9. The van der Waals surface area contributed by atoms with Gasteiger partial charge in [-0.25, -0.2) is 14.3 Å². The van der Waals surface area contributed by atoms with Crippen molar-refractivity contribution in [3.8, 4) is 0 Å². The molecule has 90 valence electrons. The predicted octanol–water partition coefficient (Wildman–Crippen LogP) is 3.07. The number of nitrogens with zero attached hydrogens (tertiary/aromatic N) is 2. The average molecular weight is 232 g/mol. The Kier molecular flexibility index (Phi) is 3.42. The summed E-state index contributed by atoms with van der Waals surface area (Å²) in [6.45, 7) is 4.64. The van der Waals surface area contributed by atoms with Crippen LogP contribution in [0.2, 0.25) is 0 Å². The van der Waals surface area contributed by atoms with Gasteiger partial charge in [0, 0.05) is 0 Å². The van der Waals surface area contributed by atoms with E-state index in [1.54, 1.807) is 0 Å². The Morgan fingerprint density at radius 2 is 2.18 bits per heavy atom. The van der Waals surface area contributed by atoms with Crippen LogP contribution < -0.4 is 0 Å². The highest BCUT2D eigenvalue weighted by atomic mass is 16.5. The number of rotatable bonds is 3. The van der Waals surface area contributed by atoms with E-state index in [-0.39, 0.29) is 6.09 Å². The Morgan fingerprint density at radius 1 is 1.41 bits per heavy atom. The molecule has 0 saturated carbocycles. The molecule has 2 rings (SSSR count). The van der Waals surface area contributed by atoms with Crippen LogP contribution in [0.15, 0.2) is 30.6 Å². The first-order chi connectivity index (χ1) is 8.18. The molecule has 0 bridgehead atoms. The number of hydrogen-bond donors (Lipinski definition) is 0. The molecule has 0 spiro atoms. The lowest BCUT2D eigenvalue weighted by Gasteiger charge is -2.07. The minimum atomic E-state index is -0.362. The first-order valence-corrected chi connectivity index (χ1v) is 5.77. The van der Waals surface area contributed by atoms with E-state index in [4.69, 9.17) is 4.74 Å². The lowest BCUT2D eigenvalue weighted by Crippen LogP contribution is -2.14. The molecule has 0 atom stereocenters. The number of benzene rings is 1. The molecule has 4 nitrogen and oxygen atoms in total. The number of fused-ring (bicyclic) bond motifs is 1. The standard InChI is InChI=1S/C13H16N2O2/c1-10(2)7-8-17-13(16)15-9-14-11-5-3-4-6-12(11)15/h3-6,9-10H,7-8H2,1-2H3. The minimum Gasteiger partial charge on any atom is -0.449 e. The fraction of sp³-hybridized carbons (Fsp3) is 0.385. The Hall–Kier alpha value is -1.84. The Labute approximate surface area is 100 Å². The van der Waals surface area contributed by atoms with Crippen molar-refractivity contribution in [3.05, 3.63) is 30.6 Å². The van der Waals surface area contributed by atoms with E-state index in [9.17, 15) is 4.79 Å². The molecule has 4 heteroatoms. The zero-order valence-corrected chi connectivity index (χ0v) is 10.1. The zero-order valence-electron chi connectivity index (χ0n) is 10.1. The highest BCUT2D eigenvalue weighted by Gasteiger charge is 2.10. The molecule has 1 aromatic carbocycles. The van der Waals surface area contributed by atoms with Gasteiger partial charge < -0.3 is 4.74 Å². The fourth-order valence-electron chi connectivity index (χ4n) is 1.56. The molecule has 1 aromatic heterocycles. The molecular weight excluding hydrogens is 216 g/mol. The van der Waals surface area contributed by atoms with Crippen molar-refractivity contribution in [1.82, 2.24) is 9.55 Å². The number of carbonyl (C=O) groups is 1. The largest absolute Gasteiger partial charge is 0.449 e. The Balaban J connectivity index is 2.09. The maximum atomic E-state index is 11.8. The van der Waals surface area contributed by atoms with Gasteiger partial charge in [-0.15, -0.1) is 0 Å². The maximum absolute atomic E-state index is 11.8. The van der Waals surface area contributed by atoms with Crippen molar-refractivity contribution in [2.75, 3.05) is 6.61 Å². The molecule has 0 N–H and O–H groups in total. The summed E-state index contributed by atoms with van der Waals surface area (Å²) in [7, 11) is 0. The number of hydrogen-bond acceptors (Lipinski definition) is 3. The SMILES string of the molecule is CC(C)CCOC(=O)n1cnc2ccccc21. The zero-order chi connectivity index (χ0) is 12.3. The van der Waals surface area contributed by atoms with Crippen LogP contribution in [0.4, 0.5) is 4.79 Å².